The van der Waals surface area contributed by atoms with Crippen LogP contribution in [-0.2, 0) is 14.3 Å². The predicted molar refractivity (Wildman–Crippen MR) is 102 cm³/mol. The summed E-state index contributed by atoms with van der Waals surface area (Å²) in [4.78, 5) is 31.6. The maximum Gasteiger partial charge on any atom is 0.338 e. The van der Waals surface area contributed by atoms with Gasteiger partial charge in [-0.05, 0) is 45.4 Å². The fourth-order valence-electron chi connectivity index (χ4n) is 2.90. The topological polar surface area (TPSA) is 59.0 Å². The third-order valence-electron chi connectivity index (χ3n) is 4.01. The van der Waals surface area contributed by atoms with E-state index in [1.54, 1.807) is 25.7 Å². The van der Waals surface area contributed by atoms with Gasteiger partial charge in [0.15, 0.2) is 5.17 Å². The van der Waals surface area contributed by atoms with Crippen LogP contribution in [-0.4, -0.2) is 33.3 Å². The Morgan fingerprint density at radius 2 is 1.96 bits per heavy atom. The summed E-state index contributed by atoms with van der Waals surface area (Å²) in [6.07, 6.45) is -0.244. The van der Waals surface area contributed by atoms with Crippen molar-refractivity contribution in [2.75, 3.05) is 0 Å². The van der Waals surface area contributed by atoms with Crippen molar-refractivity contribution in [1.82, 2.24) is 4.90 Å². The second-order valence-electron chi connectivity index (χ2n) is 6.27. The minimum absolute atomic E-state index is 0.0426. The molecule has 1 fully saturated rings. The molecule has 1 aromatic carbocycles. The van der Waals surface area contributed by atoms with E-state index in [0.717, 1.165) is 10.0 Å². The monoisotopic (exact) mass is 422 g/mol. The highest BCUT2D eigenvalue weighted by atomic mass is 79.9. The van der Waals surface area contributed by atoms with E-state index in [1.807, 2.05) is 31.2 Å². The molecule has 0 saturated carbocycles. The first-order chi connectivity index (χ1) is 11.8. The van der Waals surface area contributed by atoms with Crippen molar-refractivity contribution < 1.29 is 14.3 Å². The largest absolute Gasteiger partial charge is 0.459 e. The molecule has 0 bridgehead atoms. The van der Waals surface area contributed by atoms with Gasteiger partial charge in [0.1, 0.15) is 0 Å². The van der Waals surface area contributed by atoms with Crippen LogP contribution in [0.15, 0.2) is 45.0 Å². The summed E-state index contributed by atoms with van der Waals surface area (Å²) < 4.78 is 6.36. The van der Waals surface area contributed by atoms with Gasteiger partial charge in [0.05, 0.1) is 28.7 Å². The van der Waals surface area contributed by atoms with Crippen molar-refractivity contribution in [3.8, 4) is 0 Å². The number of nitrogens with zero attached hydrogens (tertiary/aromatic N) is 2. The van der Waals surface area contributed by atoms with E-state index < -0.39 is 12.0 Å². The molecule has 3 rings (SSSR count). The van der Waals surface area contributed by atoms with Crippen molar-refractivity contribution in [2.45, 2.75) is 45.1 Å². The van der Waals surface area contributed by atoms with Crippen LogP contribution in [0.1, 0.15) is 39.3 Å². The maximum absolute atomic E-state index is 12.7. The number of benzene rings is 1. The average Bonchev–Trinajstić information content (AvgIpc) is 2.80. The summed E-state index contributed by atoms with van der Waals surface area (Å²) in [6, 6.07) is 7.11. The summed E-state index contributed by atoms with van der Waals surface area (Å²) in [7, 11) is 0. The Kier molecular flexibility index (Phi) is 5.06. The molecule has 0 spiro atoms. The Morgan fingerprint density at radius 3 is 2.56 bits per heavy atom. The highest BCUT2D eigenvalue weighted by molar-refractivity contribution is 9.10. The number of aliphatic imine (C=N–C) groups is 1. The molecule has 0 radical (unpaired) electrons. The lowest BCUT2D eigenvalue weighted by molar-refractivity contribution is -0.143. The molecule has 0 N–H and O–H groups in total. The summed E-state index contributed by atoms with van der Waals surface area (Å²) in [5, 5.41) is 0.425. The molecule has 7 heteroatoms. The number of hydrogen-bond acceptors (Lipinski definition) is 5. The number of amidine groups is 1. The molecule has 2 atom stereocenters. The number of halogens is 1. The van der Waals surface area contributed by atoms with Crippen LogP contribution >= 0.6 is 27.7 Å². The zero-order valence-corrected chi connectivity index (χ0v) is 16.8. The number of allylic oxidation sites excluding steroid dienone is 1. The van der Waals surface area contributed by atoms with Gasteiger partial charge in [0.25, 0.3) is 0 Å². The van der Waals surface area contributed by atoms with E-state index in [0.29, 0.717) is 16.4 Å². The second-order valence-corrected chi connectivity index (χ2v) is 8.49. The first-order valence-electron chi connectivity index (χ1n) is 8.05. The lowest BCUT2D eigenvalue weighted by Crippen LogP contribution is -2.40. The lowest BCUT2D eigenvalue weighted by Gasteiger charge is -2.33. The first-order valence-corrected chi connectivity index (χ1v) is 9.72. The number of rotatable bonds is 3. The van der Waals surface area contributed by atoms with Crippen molar-refractivity contribution in [3.05, 3.63) is 45.6 Å². The van der Waals surface area contributed by atoms with Crippen LogP contribution < -0.4 is 0 Å². The van der Waals surface area contributed by atoms with E-state index in [1.165, 1.54) is 11.8 Å². The third-order valence-corrected chi connectivity index (χ3v) is 5.59. The van der Waals surface area contributed by atoms with E-state index in [2.05, 4.69) is 20.9 Å². The average molecular weight is 423 g/mol. The molecule has 0 aromatic heterocycles. The summed E-state index contributed by atoms with van der Waals surface area (Å²) in [6.45, 7) is 7.26. The number of esters is 1. The molecule has 25 heavy (non-hydrogen) atoms. The Labute approximate surface area is 159 Å². The summed E-state index contributed by atoms with van der Waals surface area (Å²) >= 11 is 4.85. The van der Waals surface area contributed by atoms with Crippen molar-refractivity contribution in [1.29, 1.82) is 0 Å². The Balaban J connectivity index is 2.12. The van der Waals surface area contributed by atoms with Gasteiger partial charge >= 0.3 is 5.97 Å². The zero-order valence-electron chi connectivity index (χ0n) is 14.4. The van der Waals surface area contributed by atoms with Crippen LogP contribution in [0.5, 0.6) is 0 Å². The van der Waals surface area contributed by atoms with Crippen LogP contribution in [0, 0.1) is 0 Å². The Hall–Kier alpha value is -1.60. The van der Waals surface area contributed by atoms with E-state index in [9.17, 15) is 9.59 Å². The molecule has 0 aliphatic carbocycles. The van der Waals surface area contributed by atoms with Crippen molar-refractivity contribution >= 4 is 44.7 Å². The summed E-state index contributed by atoms with van der Waals surface area (Å²) in [5.74, 6) is -0.473. The number of amides is 1. The second kappa shape index (κ2) is 6.96. The number of hydrogen-bond donors (Lipinski definition) is 0. The molecular formula is C18H19BrN2O3S. The standard InChI is InChI=1S/C18H19BrN2O3S/c1-9(2)24-17(23)14-10(3)20-18-21(16(22)11(4)25-18)15(14)12-5-7-13(19)8-6-12/h5-9,11,15H,1-4H3/t11-,15-/m0/s1. The first kappa shape index (κ1) is 18.2. The van der Waals surface area contributed by atoms with Gasteiger partial charge in [-0.3, -0.25) is 9.69 Å². The van der Waals surface area contributed by atoms with Gasteiger partial charge < -0.3 is 4.74 Å². The number of carbonyl (C=O) groups excluding carboxylic acids is 2. The van der Waals surface area contributed by atoms with Gasteiger partial charge in [0.2, 0.25) is 5.91 Å². The van der Waals surface area contributed by atoms with Gasteiger partial charge in [0, 0.05) is 4.47 Å². The molecule has 2 aliphatic heterocycles. The quantitative estimate of drug-likeness (QED) is 0.689. The Morgan fingerprint density at radius 1 is 1.32 bits per heavy atom. The van der Waals surface area contributed by atoms with Crippen molar-refractivity contribution in [2.24, 2.45) is 4.99 Å². The molecule has 0 unspecified atom stereocenters. The summed E-state index contributed by atoms with van der Waals surface area (Å²) in [5.41, 5.74) is 1.87. The molecular weight excluding hydrogens is 404 g/mol. The number of thioether (sulfide) groups is 1. The zero-order chi connectivity index (χ0) is 18.3. The molecule has 132 valence electrons. The van der Waals surface area contributed by atoms with Crippen LogP contribution in [0.2, 0.25) is 0 Å². The molecule has 1 saturated heterocycles. The number of fused-ring (bicyclic) bond motifs is 1. The van der Waals surface area contributed by atoms with Gasteiger partial charge in [-0.2, -0.15) is 0 Å². The van der Waals surface area contributed by atoms with Gasteiger partial charge in [-0.25, -0.2) is 9.79 Å². The SMILES string of the molecule is CC1=C(C(=O)OC(C)C)[C@H](c2ccc(Br)cc2)N2C(=O)[C@H](C)SC2=N1. The number of ether oxygens (including phenoxy) is 1. The number of carbonyl (C=O) groups is 2. The van der Waals surface area contributed by atoms with Crippen LogP contribution in [0.4, 0.5) is 0 Å². The fourth-order valence-corrected chi connectivity index (χ4v) is 4.20. The van der Waals surface area contributed by atoms with Crippen LogP contribution in [0.25, 0.3) is 0 Å². The lowest BCUT2D eigenvalue weighted by atomic mass is 9.94. The fraction of sp³-hybridized carbons (Fsp3) is 0.389. The molecule has 1 aromatic rings. The van der Waals surface area contributed by atoms with E-state index in [4.69, 9.17) is 4.74 Å². The highest BCUT2D eigenvalue weighted by Gasteiger charge is 2.46. The smallest absolute Gasteiger partial charge is 0.338 e. The van der Waals surface area contributed by atoms with E-state index in [-0.39, 0.29) is 17.3 Å². The molecule has 2 aliphatic rings. The molecule has 5 nitrogen and oxygen atoms in total. The predicted octanol–water partition coefficient (Wildman–Crippen LogP) is 4.05. The van der Waals surface area contributed by atoms with Crippen molar-refractivity contribution in [3.63, 3.8) is 0 Å². The van der Waals surface area contributed by atoms with Crippen LogP contribution in [0.3, 0.4) is 0 Å². The Bertz CT molecular complexity index is 786. The minimum Gasteiger partial charge on any atom is -0.459 e. The van der Waals surface area contributed by atoms with Gasteiger partial charge in [-0.1, -0.05) is 39.8 Å². The normalized spacial score (nSPS) is 23.0. The highest BCUT2D eigenvalue weighted by Crippen LogP contribution is 2.43. The van der Waals surface area contributed by atoms with Gasteiger partial charge in [-0.15, -0.1) is 0 Å². The van der Waals surface area contributed by atoms with E-state index >= 15 is 0 Å². The maximum atomic E-state index is 12.7. The molecule has 1 amide bonds. The molecule has 2 heterocycles. The third kappa shape index (κ3) is 3.40. The minimum atomic E-state index is -0.517.